The molecule has 0 amide bonds. The van der Waals surface area contributed by atoms with Crippen LogP contribution in [0.25, 0.3) is 0 Å². The second-order valence-electron chi connectivity index (χ2n) is 4.98. The SMILES string of the molecule is COc1cc(C)c(C2CC(C)CN2)cc1C. The second-order valence-corrected chi connectivity index (χ2v) is 4.98. The fourth-order valence-corrected chi connectivity index (χ4v) is 2.56. The van der Waals surface area contributed by atoms with Crippen LogP contribution in [0.1, 0.15) is 36.1 Å². The van der Waals surface area contributed by atoms with Gasteiger partial charge in [0, 0.05) is 6.04 Å². The van der Waals surface area contributed by atoms with E-state index in [1.807, 2.05) is 0 Å². The molecular weight excluding hydrogens is 198 g/mol. The zero-order chi connectivity index (χ0) is 11.7. The summed E-state index contributed by atoms with van der Waals surface area (Å²) in [5, 5.41) is 3.59. The van der Waals surface area contributed by atoms with E-state index in [0.717, 1.165) is 18.2 Å². The topological polar surface area (TPSA) is 21.3 Å². The summed E-state index contributed by atoms with van der Waals surface area (Å²) in [7, 11) is 1.73. The molecule has 0 radical (unpaired) electrons. The van der Waals surface area contributed by atoms with Gasteiger partial charge in [-0.3, -0.25) is 0 Å². The maximum atomic E-state index is 5.34. The van der Waals surface area contributed by atoms with E-state index in [2.05, 4.69) is 38.2 Å². The average Bonchev–Trinajstić information content (AvgIpc) is 2.67. The van der Waals surface area contributed by atoms with E-state index in [1.54, 1.807) is 7.11 Å². The number of ether oxygens (including phenoxy) is 1. The van der Waals surface area contributed by atoms with Crippen LogP contribution in [-0.4, -0.2) is 13.7 Å². The molecule has 2 nitrogen and oxygen atoms in total. The van der Waals surface area contributed by atoms with Gasteiger partial charge >= 0.3 is 0 Å². The van der Waals surface area contributed by atoms with Crippen LogP contribution in [-0.2, 0) is 0 Å². The molecule has 0 bridgehead atoms. The summed E-state index contributed by atoms with van der Waals surface area (Å²) in [6.07, 6.45) is 1.24. The van der Waals surface area contributed by atoms with Crippen molar-refractivity contribution in [1.82, 2.24) is 5.32 Å². The lowest BCUT2D eigenvalue weighted by Crippen LogP contribution is -2.14. The molecule has 88 valence electrons. The number of hydrogen-bond acceptors (Lipinski definition) is 2. The van der Waals surface area contributed by atoms with Crippen LogP contribution in [0.15, 0.2) is 12.1 Å². The molecule has 0 aromatic heterocycles. The molecule has 2 atom stereocenters. The van der Waals surface area contributed by atoms with Gasteiger partial charge in [0.15, 0.2) is 0 Å². The van der Waals surface area contributed by atoms with Crippen LogP contribution < -0.4 is 10.1 Å². The summed E-state index contributed by atoms with van der Waals surface area (Å²) in [4.78, 5) is 0. The zero-order valence-corrected chi connectivity index (χ0v) is 10.6. The highest BCUT2D eigenvalue weighted by atomic mass is 16.5. The highest BCUT2D eigenvalue weighted by molar-refractivity contribution is 5.43. The van der Waals surface area contributed by atoms with Crippen LogP contribution in [0.2, 0.25) is 0 Å². The number of methoxy groups -OCH3 is 1. The Morgan fingerprint density at radius 3 is 2.56 bits per heavy atom. The van der Waals surface area contributed by atoms with Crippen molar-refractivity contribution in [3.05, 3.63) is 28.8 Å². The fraction of sp³-hybridized carbons (Fsp3) is 0.571. The summed E-state index contributed by atoms with van der Waals surface area (Å²) in [6.45, 7) is 7.72. The maximum absolute atomic E-state index is 5.34. The molecule has 2 rings (SSSR count). The van der Waals surface area contributed by atoms with Crippen LogP contribution in [0.3, 0.4) is 0 Å². The van der Waals surface area contributed by atoms with Gasteiger partial charge in [0.2, 0.25) is 0 Å². The Bertz CT molecular complexity index is 387. The largest absolute Gasteiger partial charge is 0.496 e. The van der Waals surface area contributed by atoms with E-state index in [0.29, 0.717) is 6.04 Å². The summed E-state index contributed by atoms with van der Waals surface area (Å²) in [5.41, 5.74) is 3.99. The van der Waals surface area contributed by atoms with Crippen molar-refractivity contribution >= 4 is 0 Å². The van der Waals surface area contributed by atoms with Crippen molar-refractivity contribution in [2.24, 2.45) is 5.92 Å². The van der Waals surface area contributed by atoms with E-state index in [1.165, 1.54) is 23.1 Å². The Balaban J connectivity index is 2.31. The monoisotopic (exact) mass is 219 g/mol. The number of nitrogens with one attached hydrogen (secondary N) is 1. The first kappa shape index (κ1) is 11.5. The van der Waals surface area contributed by atoms with E-state index in [9.17, 15) is 0 Å². The van der Waals surface area contributed by atoms with Gasteiger partial charge in [0.1, 0.15) is 5.75 Å². The molecule has 1 heterocycles. The van der Waals surface area contributed by atoms with Gasteiger partial charge in [-0.25, -0.2) is 0 Å². The summed E-state index contributed by atoms with van der Waals surface area (Å²) >= 11 is 0. The Kier molecular flexibility index (Phi) is 3.20. The molecule has 1 aromatic carbocycles. The van der Waals surface area contributed by atoms with Crippen molar-refractivity contribution < 1.29 is 4.74 Å². The van der Waals surface area contributed by atoms with Crippen LogP contribution in [0.5, 0.6) is 5.75 Å². The minimum absolute atomic E-state index is 0.527. The molecule has 1 saturated heterocycles. The second kappa shape index (κ2) is 4.46. The molecule has 1 fully saturated rings. The van der Waals surface area contributed by atoms with Crippen LogP contribution in [0.4, 0.5) is 0 Å². The molecule has 16 heavy (non-hydrogen) atoms. The van der Waals surface area contributed by atoms with Gasteiger partial charge in [0.05, 0.1) is 7.11 Å². The van der Waals surface area contributed by atoms with Gasteiger partial charge in [-0.1, -0.05) is 13.0 Å². The van der Waals surface area contributed by atoms with E-state index in [4.69, 9.17) is 4.74 Å². The third-order valence-electron chi connectivity index (χ3n) is 3.51. The Hall–Kier alpha value is -1.02. The summed E-state index contributed by atoms with van der Waals surface area (Å²) in [6, 6.07) is 4.94. The summed E-state index contributed by atoms with van der Waals surface area (Å²) < 4.78 is 5.34. The first-order valence-electron chi connectivity index (χ1n) is 6.00. The third kappa shape index (κ3) is 2.07. The van der Waals surface area contributed by atoms with E-state index < -0.39 is 0 Å². The predicted octanol–water partition coefficient (Wildman–Crippen LogP) is 2.98. The highest BCUT2D eigenvalue weighted by Crippen LogP contribution is 2.32. The Labute approximate surface area is 98.0 Å². The molecule has 2 unspecified atom stereocenters. The maximum Gasteiger partial charge on any atom is 0.122 e. The molecule has 1 aliphatic heterocycles. The van der Waals surface area contributed by atoms with Gasteiger partial charge < -0.3 is 10.1 Å². The molecule has 2 heteroatoms. The minimum Gasteiger partial charge on any atom is -0.496 e. The van der Waals surface area contributed by atoms with E-state index >= 15 is 0 Å². The molecule has 0 aliphatic carbocycles. The van der Waals surface area contributed by atoms with Crippen molar-refractivity contribution in [1.29, 1.82) is 0 Å². The smallest absolute Gasteiger partial charge is 0.122 e. The molecule has 0 spiro atoms. The highest BCUT2D eigenvalue weighted by Gasteiger charge is 2.23. The first-order chi connectivity index (χ1) is 7.61. The van der Waals surface area contributed by atoms with Gasteiger partial charge in [-0.2, -0.15) is 0 Å². The fourth-order valence-electron chi connectivity index (χ4n) is 2.56. The lowest BCUT2D eigenvalue weighted by atomic mass is 9.95. The van der Waals surface area contributed by atoms with E-state index in [-0.39, 0.29) is 0 Å². The van der Waals surface area contributed by atoms with Gasteiger partial charge in [-0.15, -0.1) is 0 Å². The quantitative estimate of drug-likeness (QED) is 0.825. The molecule has 0 saturated carbocycles. The predicted molar refractivity (Wildman–Crippen MR) is 67.0 cm³/mol. The number of hydrogen-bond donors (Lipinski definition) is 1. The Morgan fingerprint density at radius 2 is 2.00 bits per heavy atom. The minimum atomic E-state index is 0.527. The average molecular weight is 219 g/mol. The third-order valence-corrected chi connectivity index (χ3v) is 3.51. The number of rotatable bonds is 2. The van der Waals surface area contributed by atoms with Gasteiger partial charge in [-0.05, 0) is 55.5 Å². The van der Waals surface area contributed by atoms with Crippen molar-refractivity contribution in [3.63, 3.8) is 0 Å². The zero-order valence-electron chi connectivity index (χ0n) is 10.6. The first-order valence-corrected chi connectivity index (χ1v) is 6.00. The molecule has 1 N–H and O–H groups in total. The lowest BCUT2D eigenvalue weighted by Gasteiger charge is -2.16. The summed E-state index contributed by atoms with van der Waals surface area (Å²) in [5.74, 6) is 1.78. The standard InChI is InChI=1S/C14H21NO/c1-9-5-13(15-8-9)12-6-11(3)14(16-4)7-10(12)2/h6-7,9,13,15H,5,8H2,1-4H3. The van der Waals surface area contributed by atoms with Crippen molar-refractivity contribution in [2.75, 3.05) is 13.7 Å². The normalized spacial score (nSPS) is 24.8. The Morgan fingerprint density at radius 1 is 1.25 bits per heavy atom. The molecule has 1 aromatic rings. The molecular formula is C14H21NO. The van der Waals surface area contributed by atoms with Crippen LogP contribution >= 0.6 is 0 Å². The van der Waals surface area contributed by atoms with Gasteiger partial charge in [0.25, 0.3) is 0 Å². The van der Waals surface area contributed by atoms with Crippen molar-refractivity contribution in [3.8, 4) is 5.75 Å². The number of aryl methyl sites for hydroxylation is 2. The lowest BCUT2D eigenvalue weighted by molar-refractivity contribution is 0.411. The number of benzene rings is 1. The molecule has 1 aliphatic rings. The van der Waals surface area contributed by atoms with Crippen molar-refractivity contribution in [2.45, 2.75) is 33.2 Å². The van der Waals surface area contributed by atoms with Crippen LogP contribution in [0, 0.1) is 19.8 Å².